The van der Waals surface area contributed by atoms with Crippen LogP contribution in [0.1, 0.15) is 23.6 Å². The summed E-state index contributed by atoms with van der Waals surface area (Å²) in [5, 5.41) is 2.99. The molecule has 0 aromatic heterocycles. The van der Waals surface area contributed by atoms with Crippen molar-refractivity contribution in [2.24, 2.45) is 0 Å². The number of carbonyl (C=O) groups excluding carboxylic acids is 1. The molecule has 2 aromatic carbocycles. The second kappa shape index (κ2) is 6.94. The molecule has 114 valence electrons. The van der Waals surface area contributed by atoms with Crippen molar-refractivity contribution >= 4 is 6.09 Å². The molecule has 0 bridgehead atoms. The van der Waals surface area contributed by atoms with Crippen molar-refractivity contribution in [1.82, 2.24) is 5.32 Å². The molecule has 1 N–H and O–H groups in total. The summed E-state index contributed by atoms with van der Waals surface area (Å²) in [7, 11) is 1.37. The maximum absolute atomic E-state index is 11.9. The molecular weight excluding hydrogens is 274 g/mol. The molecule has 3 nitrogen and oxygen atoms in total. The van der Waals surface area contributed by atoms with Crippen LogP contribution in [0.4, 0.5) is 4.79 Å². The number of aryl methyl sites for hydroxylation is 1. The van der Waals surface area contributed by atoms with Gasteiger partial charge in [-0.1, -0.05) is 72.3 Å². The van der Waals surface area contributed by atoms with Gasteiger partial charge in [-0.3, -0.25) is 0 Å². The summed E-state index contributed by atoms with van der Waals surface area (Å²) in [6.07, 6.45) is 3.44. The van der Waals surface area contributed by atoms with Crippen molar-refractivity contribution < 1.29 is 9.53 Å². The summed E-state index contributed by atoms with van der Waals surface area (Å²) in [4.78, 5) is 11.9. The summed E-state index contributed by atoms with van der Waals surface area (Å²) < 4.78 is 4.83. The van der Waals surface area contributed by atoms with Crippen molar-refractivity contribution in [3.05, 3.63) is 83.4 Å². The van der Waals surface area contributed by atoms with Gasteiger partial charge in [-0.25, -0.2) is 4.79 Å². The molecule has 2 rings (SSSR count). The maximum atomic E-state index is 11.9. The van der Waals surface area contributed by atoms with Crippen molar-refractivity contribution in [3.8, 4) is 0 Å². The van der Waals surface area contributed by atoms with Gasteiger partial charge in [0, 0.05) is 0 Å². The van der Waals surface area contributed by atoms with Crippen LogP contribution in [0, 0.1) is 6.92 Å². The van der Waals surface area contributed by atoms with E-state index < -0.39 is 11.6 Å². The standard InChI is InChI=1S/C19H21NO2/c1-4-14-19(20-18(21)22-3,16-8-6-5-7-9-16)17-12-10-15(2)11-13-17/h4-14H,1-3H3,(H,20,21)/b14-4+/t19-/m1/s1. The third-order valence-electron chi connectivity index (χ3n) is 3.64. The average Bonchev–Trinajstić information content (AvgIpc) is 2.55. The van der Waals surface area contributed by atoms with Crippen LogP contribution in [-0.2, 0) is 10.3 Å². The molecule has 0 fully saturated rings. The van der Waals surface area contributed by atoms with Crippen LogP contribution in [0.2, 0.25) is 0 Å². The Morgan fingerprint density at radius 2 is 1.64 bits per heavy atom. The van der Waals surface area contributed by atoms with E-state index in [1.807, 2.05) is 80.6 Å². The zero-order chi connectivity index (χ0) is 16.0. The van der Waals surface area contributed by atoms with E-state index in [0.717, 1.165) is 11.1 Å². The molecule has 0 unspecified atom stereocenters. The topological polar surface area (TPSA) is 38.3 Å². The van der Waals surface area contributed by atoms with Crippen molar-refractivity contribution in [2.45, 2.75) is 19.4 Å². The number of alkyl carbamates (subject to hydrolysis) is 1. The van der Waals surface area contributed by atoms with Gasteiger partial charge in [0.05, 0.1) is 7.11 Å². The number of hydrogen-bond acceptors (Lipinski definition) is 2. The zero-order valence-corrected chi connectivity index (χ0v) is 13.2. The van der Waals surface area contributed by atoms with Crippen LogP contribution in [0.25, 0.3) is 0 Å². The van der Waals surface area contributed by atoms with E-state index in [9.17, 15) is 4.79 Å². The predicted octanol–water partition coefficient (Wildman–Crippen LogP) is 4.17. The van der Waals surface area contributed by atoms with Crippen LogP contribution in [0.3, 0.4) is 0 Å². The third kappa shape index (κ3) is 3.19. The number of benzene rings is 2. The second-order valence-corrected chi connectivity index (χ2v) is 5.16. The molecule has 0 heterocycles. The highest BCUT2D eigenvalue weighted by molar-refractivity contribution is 5.70. The van der Waals surface area contributed by atoms with Crippen molar-refractivity contribution in [3.63, 3.8) is 0 Å². The third-order valence-corrected chi connectivity index (χ3v) is 3.64. The lowest BCUT2D eigenvalue weighted by Crippen LogP contribution is -2.45. The van der Waals surface area contributed by atoms with Gasteiger partial charge in [0.2, 0.25) is 0 Å². The van der Waals surface area contributed by atoms with Crippen molar-refractivity contribution in [2.75, 3.05) is 7.11 Å². The highest BCUT2D eigenvalue weighted by Gasteiger charge is 2.33. The van der Waals surface area contributed by atoms with Crippen LogP contribution in [0.15, 0.2) is 66.7 Å². The summed E-state index contributed by atoms with van der Waals surface area (Å²) >= 11 is 0. The first-order chi connectivity index (χ1) is 10.6. The lowest BCUT2D eigenvalue weighted by molar-refractivity contribution is 0.164. The first-order valence-corrected chi connectivity index (χ1v) is 7.25. The van der Waals surface area contributed by atoms with Gasteiger partial charge < -0.3 is 10.1 Å². The van der Waals surface area contributed by atoms with Gasteiger partial charge in [-0.05, 0) is 25.0 Å². The molecule has 1 amide bonds. The number of hydrogen-bond donors (Lipinski definition) is 1. The van der Waals surface area contributed by atoms with Gasteiger partial charge in [-0.2, -0.15) is 0 Å². The number of allylic oxidation sites excluding steroid dienone is 1. The van der Waals surface area contributed by atoms with Gasteiger partial charge in [0.1, 0.15) is 5.54 Å². The maximum Gasteiger partial charge on any atom is 0.408 e. The molecule has 0 spiro atoms. The molecule has 0 radical (unpaired) electrons. The van der Waals surface area contributed by atoms with E-state index in [-0.39, 0.29) is 0 Å². The Bertz CT molecular complexity index is 647. The van der Waals surface area contributed by atoms with Gasteiger partial charge in [0.25, 0.3) is 0 Å². The molecule has 1 atom stereocenters. The molecule has 3 heteroatoms. The van der Waals surface area contributed by atoms with E-state index in [2.05, 4.69) is 5.32 Å². The first kappa shape index (κ1) is 15.8. The SMILES string of the molecule is C/C=C/[C@@](NC(=O)OC)(c1ccccc1)c1ccc(C)cc1. The van der Waals surface area contributed by atoms with E-state index in [1.54, 1.807) is 0 Å². The van der Waals surface area contributed by atoms with Crippen LogP contribution in [0.5, 0.6) is 0 Å². The number of methoxy groups -OCH3 is 1. The Hall–Kier alpha value is -2.55. The smallest absolute Gasteiger partial charge is 0.408 e. The largest absolute Gasteiger partial charge is 0.453 e. The monoisotopic (exact) mass is 295 g/mol. The zero-order valence-electron chi connectivity index (χ0n) is 13.2. The highest BCUT2D eigenvalue weighted by Crippen LogP contribution is 2.31. The molecule has 22 heavy (non-hydrogen) atoms. The van der Waals surface area contributed by atoms with Crippen LogP contribution < -0.4 is 5.32 Å². The lowest BCUT2D eigenvalue weighted by atomic mass is 9.82. The number of rotatable bonds is 4. The van der Waals surface area contributed by atoms with Crippen molar-refractivity contribution in [1.29, 1.82) is 0 Å². The summed E-state index contributed by atoms with van der Waals surface area (Å²) in [5.41, 5.74) is 2.37. The van der Waals surface area contributed by atoms with E-state index in [0.29, 0.717) is 0 Å². The minimum absolute atomic E-state index is 0.470. The molecule has 0 saturated heterocycles. The summed E-state index contributed by atoms with van der Waals surface area (Å²) in [6, 6.07) is 18.0. The summed E-state index contributed by atoms with van der Waals surface area (Å²) in [6.45, 7) is 3.97. The number of carbonyl (C=O) groups is 1. The minimum atomic E-state index is -0.753. The molecule has 0 aliphatic carbocycles. The van der Waals surface area contributed by atoms with Gasteiger partial charge >= 0.3 is 6.09 Å². The number of amides is 1. The summed E-state index contributed by atoms with van der Waals surface area (Å²) in [5.74, 6) is 0. The quantitative estimate of drug-likeness (QED) is 0.860. The number of nitrogens with one attached hydrogen (secondary N) is 1. The Balaban J connectivity index is 2.64. The minimum Gasteiger partial charge on any atom is -0.453 e. The first-order valence-electron chi connectivity index (χ1n) is 7.25. The Morgan fingerprint density at radius 3 is 2.18 bits per heavy atom. The lowest BCUT2D eigenvalue weighted by Gasteiger charge is -2.32. The Labute approximate surface area is 131 Å². The molecule has 0 aliphatic heterocycles. The normalized spacial score (nSPS) is 13.6. The fourth-order valence-electron chi connectivity index (χ4n) is 2.52. The molecule has 0 saturated carbocycles. The highest BCUT2D eigenvalue weighted by atomic mass is 16.5. The number of ether oxygens (including phenoxy) is 1. The Morgan fingerprint density at radius 1 is 1.05 bits per heavy atom. The Kier molecular flexibility index (Phi) is 4.99. The molecular formula is C19H21NO2. The van der Waals surface area contributed by atoms with E-state index in [1.165, 1.54) is 12.7 Å². The van der Waals surface area contributed by atoms with Crippen LogP contribution >= 0.6 is 0 Å². The fourth-order valence-corrected chi connectivity index (χ4v) is 2.52. The van der Waals surface area contributed by atoms with Crippen LogP contribution in [-0.4, -0.2) is 13.2 Å². The average molecular weight is 295 g/mol. The molecule has 2 aromatic rings. The van der Waals surface area contributed by atoms with Gasteiger partial charge in [0.15, 0.2) is 0 Å². The second-order valence-electron chi connectivity index (χ2n) is 5.16. The van der Waals surface area contributed by atoms with E-state index in [4.69, 9.17) is 4.74 Å². The van der Waals surface area contributed by atoms with Gasteiger partial charge in [-0.15, -0.1) is 0 Å². The van der Waals surface area contributed by atoms with E-state index >= 15 is 0 Å². The fraction of sp³-hybridized carbons (Fsp3) is 0.211. The predicted molar refractivity (Wildman–Crippen MR) is 88.8 cm³/mol. The molecule has 0 aliphatic rings.